The summed E-state index contributed by atoms with van der Waals surface area (Å²) in [5.41, 5.74) is 4.83. The lowest BCUT2D eigenvalue weighted by molar-refractivity contribution is 0.0950. The third kappa shape index (κ3) is 5.35. The van der Waals surface area contributed by atoms with E-state index in [9.17, 15) is 9.59 Å². The Morgan fingerprint density at radius 2 is 1.75 bits per heavy atom. The third-order valence-electron chi connectivity index (χ3n) is 6.05. The topological polar surface area (TPSA) is 61.4 Å². The first-order valence-electron chi connectivity index (χ1n) is 11.1. The molecule has 164 valence electrons. The fourth-order valence-corrected chi connectivity index (χ4v) is 4.18. The number of rotatable bonds is 5. The number of urea groups is 1. The van der Waals surface area contributed by atoms with Gasteiger partial charge in [0.05, 0.1) is 0 Å². The van der Waals surface area contributed by atoms with Crippen molar-refractivity contribution in [2.45, 2.75) is 32.2 Å². The average molecular weight is 428 g/mol. The highest BCUT2D eigenvalue weighted by Crippen LogP contribution is 2.28. The maximum Gasteiger partial charge on any atom is 0.321 e. The van der Waals surface area contributed by atoms with Gasteiger partial charge >= 0.3 is 6.03 Å². The molecule has 0 radical (unpaired) electrons. The lowest BCUT2D eigenvalue weighted by atomic mass is 9.89. The van der Waals surface area contributed by atoms with Gasteiger partial charge in [-0.2, -0.15) is 0 Å². The predicted molar refractivity (Wildman–Crippen MR) is 128 cm³/mol. The van der Waals surface area contributed by atoms with Gasteiger partial charge in [-0.1, -0.05) is 54.6 Å². The number of hydrogen-bond donors (Lipinski definition) is 2. The molecule has 1 heterocycles. The Morgan fingerprint density at radius 1 is 0.969 bits per heavy atom. The molecule has 3 aromatic carbocycles. The Morgan fingerprint density at radius 3 is 2.56 bits per heavy atom. The number of anilines is 1. The van der Waals surface area contributed by atoms with Gasteiger partial charge in [0.15, 0.2) is 0 Å². The van der Waals surface area contributed by atoms with Crippen molar-refractivity contribution in [3.05, 3.63) is 101 Å². The van der Waals surface area contributed by atoms with Crippen LogP contribution in [0.2, 0.25) is 0 Å². The smallest absolute Gasteiger partial charge is 0.321 e. The molecule has 3 amide bonds. The van der Waals surface area contributed by atoms with Crippen molar-refractivity contribution in [1.82, 2.24) is 10.2 Å². The van der Waals surface area contributed by atoms with Crippen LogP contribution >= 0.6 is 0 Å². The largest absolute Gasteiger partial charge is 0.348 e. The van der Waals surface area contributed by atoms with Gasteiger partial charge in [-0.15, -0.1) is 0 Å². The van der Waals surface area contributed by atoms with E-state index >= 15 is 0 Å². The number of aryl methyl sites for hydroxylation is 1. The number of para-hydroxylation sites is 1. The number of hydrogen-bond acceptors (Lipinski definition) is 2. The predicted octanol–water partition coefficient (Wildman–Crippen LogP) is 5.34. The van der Waals surface area contributed by atoms with E-state index in [4.69, 9.17) is 0 Å². The zero-order valence-corrected chi connectivity index (χ0v) is 18.4. The second kappa shape index (κ2) is 10.1. The van der Waals surface area contributed by atoms with Crippen molar-refractivity contribution in [2.75, 3.05) is 18.4 Å². The Kier molecular flexibility index (Phi) is 6.85. The van der Waals surface area contributed by atoms with E-state index in [0.29, 0.717) is 18.7 Å². The van der Waals surface area contributed by atoms with Crippen LogP contribution in [0.15, 0.2) is 78.9 Å². The molecule has 0 bridgehead atoms. The minimum Gasteiger partial charge on any atom is -0.348 e. The number of benzene rings is 3. The molecule has 1 aliphatic rings. The molecule has 0 aliphatic carbocycles. The molecule has 0 aromatic heterocycles. The van der Waals surface area contributed by atoms with E-state index < -0.39 is 0 Å². The Balaban J connectivity index is 1.39. The summed E-state index contributed by atoms with van der Waals surface area (Å²) in [5, 5.41) is 6.00. The minimum atomic E-state index is -0.0791. The van der Waals surface area contributed by atoms with Crippen molar-refractivity contribution in [3.8, 4) is 0 Å². The number of likely N-dealkylation sites (tertiary alicyclic amines) is 1. The monoisotopic (exact) mass is 427 g/mol. The summed E-state index contributed by atoms with van der Waals surface area (Å²) >= 11 is 0. The van der Waals surface area contributed by atoms with Crippen LogP contribution in [0.25, 0.3) is 0 Å². The molecule has 1 atom stereocenters. The van der Waals surface area contributed by atoms with E-state index in [-0.39, 0.29) is 17.9 Å². The van der Waals surface area contributed by atoms with E-state index in [1.54, 1.807) is 0 Å². The first-order chi connectivity index (χ1) is 15.6. The summed E-state index contributed by atoms with van der Waals surface area (Å²) in [6.45, 7) is 3.94. The van der Waals surface area contributed by atoms with Crippen LogP contribution in [-0.2, 0) is 6.54 Å². The maximum absolute atomic E-state index is 12.8. The van der Waals surface area contributed by atoms with Crippen molar-refractivity contribution >= 4 is 17.6 Å². The average Bonchev–Trinajstić information content (AvgIpc) is 2.84. The van der Waals surface area contributed by atoms with Gasteiger partial charge in [0.1, 0.15) is 0 Å². The van der Waals surface area contributed by atoms with Gasteiger partial charge in [-0.05, 0) is 60.7 Å². The summed E-state index contributed by atoms with van der Waals surface area (Å²) < 4.78 is 0. The molecule has 2 N–H and O–H groups in total. The van der Waals surface area contributed by atoms with Gasteiger partial charge in [0.25, 0.3) is 5.91 Å². The second-order valence-electron chi connectivity index (χ2n) is 8.32. The molecule has 32 heavy (non-hydrogen) atoms. The fraction of sp³-hybridized carbons (Fsp3) is 0.259. The molecule has 1 fully saturated rings. The zero-order chi connectivity index (χ0) is 22.3. The van der Waals surface area contributed by atoms with Gasteiger partial charge in [-0.25, -0.2) is 4.79 Å². The van der Waals surface area contributed by atoms with Crippen LogP contribution in [0.3, 0.4) is 0 Å². The van der Waals surface area contributed by atoms with Crippen LogP contribution in [0.1, 0.15) is 45.8 Å². The van der Waals surface area contributed by atoms with Crippen molar-refractivity contribution < 1.29 is 9.59 Å². The molecule has 5 nitrogen and oxygen atoms in total. The van der Waals surface area contributed by atoms with Gasteiger partial charge in [0.2, 0.25) is 0 Å². The second-order valence-corrected chi connectivity index (χ2v) is 8.32. The molecular formula is C27H29N3O2. The van der Waals surface area contributed by atoms with Crippen molar-refractivity contribution in [2.24, 2.45) is 0 Å². The number of piperidine rings is 1. The molecule has 4 rings (SSSR count). The molecular weight excluding hydrogens is 398 g/mol. The molecule has 0 saturated carbocycles. The summed E-state index contributed by atoms with van der Waals surface area (Å²) in [7, 11) is 0. The summed E-state index contributed by atoms with van der Waals surface area (Å²) in [6, 6.07) is 25.3. The highest BCUT2D eigenvalue weighted by Gasteiger charge is 2.25. The Bertz CT molecular complexity index is 1080. The number of carbonyl (C=O) groups is 2. The SMILES string of the molecule is Cc1ccccc1CNC(=O)c1cccc([C@H]2CCCN(C(=O)Nc3ccccc3)C2)c1. The number of carbonyl (C=O) groups excluding carboxylic acids is 2. The van der Waals surface area contributed by atoms with Crippen molar-refractivity contribution in [1.29, 1.82) is 0 Å². The van der Waals surface area contributed by atoms with Crippen LogP contribution in [0, 0.1) is 6.92 Å². The standard InChI is InChI=1S/C27H29N3O2/c1-20-9-5-6-10-23(20)18-28-26(31)22-12-7-11-21(17-22)24-13-8-16-30(19-24)27(32)29-25-14-3-2-4-15-25/h2-7,9-12,14-15,17,24H,8,13,16,18-19H2,1H3,(H,28,31)(H,29,32)/t24-/m0/s1. The van der Waals surface area contributed by atoms with Crippen LogP contribution in [0.5, 0.6) is 0 Å². The summed E-state index contributed by atoms with van der Waals surface area (Å²) in [4.78, 5) is 27.3. The van der Waals surface area contributed by atoms with E-state index in [1.165, 1.54) is 0 Å². The van der Waals surface area contributed by atoms with Gasteiger partial charge in [0, 0.05) is 36.8 Å². The maximum atomic E-state index is 12.8. The molecule has 5 heteroatoms. The first-order valence-corrected chi connectivity index (χ1v) is 11.1. The fourth-order valence-electron chi connectivity index (χ4n) is 4.18. The highest BCUT2D eigenvalue weighted by molar-refractivity contribution is 5.94. The third-order valence-corrected chi connectivity index (χ3v) is 6.05. The summed E-state index contributed by atoms with van der Waals surface area (Å²) in [6.07, 6.45) is 1.94. The highest BCUT2D eigenvalue weighted by atomic mass is 16.2. The van der Waals surface area contributed by atoms with Gasteiger partial charge < -0.3 is 15.5 Å². The molecule has 1 saturated heterocycles. The molecule has 1 aliphatic heterocycles. The molecule has 3 aromatic rings. The first kappa shape index (κ1) is 21.6. The zero-order valence-electron chi connectivity index (χ0n) is 18.4. The number of amides is 3. The van der Waals surface area contributed by atoms with Crippen LogP contribution in [0.4, 0.5) is 10.5 Å². The van der Waals surface area contributed by atoms with E-state index in [2.05, 4.69) is 16.7 Å². The lowest BCUT2D eigenvalue weighted by Gasteiger charge is -2.33. The summed E-state index contributed by atoms with van der Waals surface area (Å²) in [5.74, 6) is 0.138. The minimum absolute atomic E-state index is 0.0759. The van der Waals surface area contributed by atoms with Crippen molar-refractivity contribution in [3.63, 3.8) is 0 Å². The van der Waals surface area contributed by atoms with E-state index in [0.717, 1.165) is 41.8 Å². The van der Waals surface area contributed by atoms with Gasteiger partial charge in [-0.3, -0.25) is 4.79 Å². The molecule has 0 spiro atoms. The number of nitrogens with zero attached hydrogens (tertiary/aromatic N) is 1. The van der Waals surface area contributed by atoms with Crippen LogP contribution in [-0.4, -0.2) is 29.9 Å². The van der Waals surface area contributed by atoms with E-state index in [1.807, 2.05) is 84.6 Å². The Labute approximate surface area is 189 Å². The normalized spacial score (nSPS) is 15.8. The number of nitrogens with one attached hydrogen (secondary N) is 2. The quantitative estimate of drug-likeness (QED) is 0.578. The lowest BCUT2D eigenvalue weighted by Crippen LogP contribution is -2.41. The van der Waals surface area contributed by atoms with Crippen LogP contribution < -0.4 is 10.6 Å². The Hall–Kier alpha value is -3.60. The molecule has 0 unspecified atom stereocenters.